The fourth-order valence-corrected chi connectivity index (χ4v) is 2.74. The maximum Gasteiger partial charge on any atom is 0.0555 e. The van der Waals surface area contributed by atoms with E-state index in [0.29, 0.717) is 6.04 Å². The van der Waals surface area contributed by atoms with Crippen LogP contribution >= 0.6 is 0 Å². The Balaban J connectivity index is 1.76. The minimum absolute atomic E-state index is 0.0214. The van der Waals surface area contributed by atoms with Gasteiger partial charge in [-0.3, -0.25) is 4.90 Å². The number of hydrogen-bond donors (Lipinski definition) is 1. The van der Waals surface area contributed by atoms with Crippen molar-refractivity contribution in [3.8, 4) is 0 Å². The molecule has 2 fully saturated rings. The van der Waals surface area contributed by atoms with Crippen molar-refractivity contribution in [2.45, 2.75) is 51.7 Å². The number of nitrogens with zero attached hydrogens (tertiary/aromatic N) is 1. The third-order valence-corrected chi connectivity index (χ3v) is 4.02. The molecule has 1 saturated heterocycles. The molecule has 2 atom stereocenters. The molecule has 0 spiro atoms. The molecule has 1 saturated carbocycles. The van der Waals surface area contributed by atoms with Gasteiger partial charge in [0, 0.05) is 19.1 Å². The first kappa shape index (κ1) is 10.4. The Morgan fingerprint density at radius 2 is 1.93 bits per heavy atom. The zero-order valence-electron chi connectivity index (χ0n) is 9.45. The SMILES string of the molecule is CC(C)C1CN(C2CCCC(O)C2)C1. The summed E-state index contributed by atoms with van der Waals surface area (Å²) in [7, 11) is 0. The molecule has 2 heteroatoms. The Morgan fingerprint density at radius 3 is 2.50 bits per heavy atom. The van der Waals surface area contributed by atoms with E-state index in [1.54, 1.807) is 0 Å². The number of aliphatic hydroxyl groups excluding tert-OH is 1. The third-order valence-electron chi connectivity index (χ3n) is 4.02. The molecule has 0 aromatic heterocycles. The number of likely N-dealkylation sites (tertiary alicyclic amines) is 1. The first-order valence-electron chi connectivity index (χ1n) is 6.09. The van der Waals surface area contributed by atoms with Gasteiger partial charge in [-0.05, 0) is 37.5 Å². The summed E-state index contributed by atoms with van der Waals surface area (Å²) in [6, 6.07) is 0.689. The Bertz CT molecular complexity index is 187. The lowest BCUT2D eigenvalue weighted by Crippen LogP contribution is -2.55. The normalized spacial score (nSPS) is 36.0. The first-order chi connectivity index (χ1) is 6.66. The van der Waals surface area contributed by atoms with E-state index in [9.17, 15) is 5.11 Å². The van der Waals surface area contributed by atoms with Gasteiger partial charge in [0.15, 0.2) is 0 Å². The molecule has 0 amide bonds. The summed E-state index contributed by atoms with van der Waals surface area (Å²) in [6.45, 7) is 7.18. The highest BCUT2D eigenvalue weighted by Gasteiger charge is 2.35. The van der Waals surface area contributed by atoms with Gasteiger partial charge in [-0.15, -0.1) is 0 Å². The highest BCUT2D eigenvalue weighted by molar-refractivity contribution is 4.89. The van der Waals surface area contributed by atoms with E-state index >= 15 is 0 Å². The highest BCUT2D eigenvalue weighted by Crippen LogP contribution is 2.31. The quantitative estimate of drug-likeness (QED) is 0.730. The number of rotatable bonds is 2. The smallest absolute Gasteiger partial charge is 0.0555 e. The molecule has 0 aromatic carbocycles. The predicted octanol–water partition coefficient (Wildman–Crippen LogP) is 1.88. The van der Waals surface area contributed by atoms with Crippen LogP contribution in [0.1, 0.15) is 39.5 Å². The molecule has 2 rings (SSSR count). The van der Waals surface area contributed by atoms with Gasteiger partial charge >= 0.3 is 0 Å². The largest absolute Gasteiger partial charge is 0.393 e. The predicted molar refractivity (Wildman–Crippen MR) is 58.2 cm³/mol. The lowest BCUT2D eigenvalue weighted by Gasteiger charge is -2.48. The Hall–Kier alpha value is -0.0800. The molecular formula is C12H23NO. The molecule has 82 valence electrons. The van der Waals surface area contributed by atoms with E-state index in [-0.39, 0.29) is 6.10 Å². The summed E-state index contributed by atoms with van der Waals surface area (Å²) >= 11 is 0. The van der Waals surface area contributed by atoms with Crippen molar-refractivity contribution in [2.75, 3.05) is 13.1 Å². The van der Waals surface area contributed by atoms with Gasteiger partial charge in [-0.2, -0.15) is 0 Å². The van der Waals surface area contributed by atoms with Gasteiger partial charge in [0.2, 0.25) is 0 Å². The van der Waals surface area contributed by atoms with Crippen LogP contribution in [0.4, 0.5) is 0 Å². The summed E-state index contributed by atoms with van der Waals surface area (Å²) in [5.41, 5.74) is 0. The van der Waals surface area contributed by atoms with Crippen LogP contribution in [-0.2, 0) is 0 Å². The summed E-state index contributed by atoms with van der Waals surface area (Å²) in [4.78, 5) is 2.58. The van der Waals surface area contributed by atoms with E-state index in [1.807, 2.05) is 0 Å². The summed E-state index contributed by atoms with van der Waals surface area (Å²) in [5.74, 6) is 1.74. The van der Waals surface area contributed by atoms with Gasteiger partial charge in [-0.25, -0.2) is 0 Å². The Morgan fingerprint density at radius 1 is 1.21 bits per heavy atom. The molecule has 0 bridgehead atoms. The van der Waals surface area contributed by atoms with Crippen molar-refractivity contribution in [2.24, 2.45) is 11.8 Å². The van der Waals surface area contributed by atoms with E-state index in [2.05, 4.69) is 18.7 Å². The van der Waals surface area contributed by atoms with Crippen LogP contribution in [0.3, 0.4) is 0 Å². The van der Waals surface area contributed by atoms with E-state index in [4.69, 9.17) is 0 Å². The minimum Gasteiger partial charge on any atom is -0.393 e. The molecule has 2 nitrogen and oxygen atoms in total. The van der Waals surface area contributed by atoms with Crippen LogP contribution in [0.15, 0.2) is 0 Å². The van der Waals surface area contributed by atoms with E-state index < -0.39 is 0 Å². The molecule has 1 aliphatic heterocycles. The van der Waals surface area contributed by atoms with Crippen molar-refractivity contribution < 1.29 is 5.11 Å². The molecule has 2 aliphatic rings. The highest BCUT2D eigenvalue weighted by atomic mass is 16.3. The fourth-order valence-electron chi connectivity index (χ4n) is 2.74. The van der Waals surface area contributed by atoms with Crippen molar-refractivity contribution in [3.05, 3.63) is 0 Å². The molecule has 0 radical (unpaired) electrons. The van der Waals surface area contributed by atoms with E-state index in [1.165, 1.54) is 25.9 Å². The number of hydrogen-bond acceptors (Lipinski definition) is 2. The van der Waals surface area contributed by atoms with Crippen LogP contribution in [0, 0.1) is 11.8 Å². The average molecular weight is 197 g/mol. The molecule has 0 aromatic rings. The topological polar surface area (TPSA) is 23.5 Å². The van der Waals surface area contributed by atoms with Crippen LogP contribution in [-0.4, -0.2) is 35.2 Å². The van der Waals surface area contributed by atoms with Crippen LogP contribution in [0.5, 0.6) is 0 Å². The second-order valence-electron chi connectivity index (χ2n) is 5.43. The third kappa shape index (κ3) is 2.12. The average Bonchev–Trinajstić information content (AvgIpc) is 2.00. The first-order valence-corrected chi connectivity index (χ1v) is 6.09. The summed E-state index contributed by atoms with van der Waals surface area (Å²) < 4.78 is 0. The maximum atomic E-state index is 9.60. The molecule has 1 heterocycles. The van der Waals surface area contributed by atoms with E-state index in [0.717, 1.165) is 24.7 Å². The maximum absolute atomic E-state index is 9.60. The molecule has 1 N–H and O–H groups in total. The van der Waals surface area contributed by atoms with Crippen LogP contribution < -0.4 is 0 Å². The number of aliphatic hydroxyl groups is 1. The zero-order valence-corrected chi connectivity index (χ0v) is 9.45. The van der Waals surface area contributed by atoms with Crippen LogP contribution in [0.2, 0.25) is 0 Å². The van der Waals surface area contributed by atoms with Crippen LogP contribution in [0.25, 0.3) is 0 Å². The van der Waals surface area contributed by atoms with Crippen molar-refractivity contribution in [3.63, 3.8) is 0 Å². The van der Waals surface area contributed by atoms with Crippen molar-refractivity contribution >= 4 is 0 Å². The standard InChI is InChI=1S/C12H23NO/c1-9(2)10-7-13(8-10)11-4-3-5-12(14)6-11/h9-12,14H,3-8H2,1-2H3. The molecule has 1 aliphatic carbocycles. The van der Waals surface area contributed by atoms with Gasteiger partial charge in [0.25, 0.3) is 0 Å². The Labute approximate surface area is 87.3 Å². The second kappa shape index (κ2) is 4.19. The lowest BCUT2D eigenvalue weighted by molar-refractivity contribution is -0.0136. The van der Waals surface area contributed by atoms with Gasteiger partial charge in [0.1, 0.15) is 0 Å². The van der Waals surface area contributed by atoms with Gasteiger partial charge < -0.3 is 5.11 Å². The van der Waals surface area contributed by atoms with Crippen molar-refractivity contribution in [1.82, 2.24) is 4.90 Å². The van der Waals surface area contributed by atoms with Gasteiger partial charge in [-0.1, -0.05) is 13.8 Å². The zero-order chi connectivity index (χ0) is 10.1. The second-order valence-corrected chi connectivity index (χ2v) is 5.43. The van der Waals surface area contributed by atoms with Crippen molar-refractivity contribution in [1.29, 1.82) is 0 Å². The molecule has 14 heavy (non-hydrogen) atoms. The molecule has 2 unspecified atom stereocenters. The minimum atomic E-state index is -0.0214. The Kier molecular flexibility index (Phi) is 3.13. The summed E-state index contributed by atoms with van der Waals surface area (Å²) in [6.07, 6.45) is 4.55. The monoisotopic (exact) mass is 197 g/mol. The fraction of sp³-hybridized carbons (Fsp3) is 1.00. The molecular weight excluding hydrogens is 174 g/mol. The lowest BCUT2D eigenvalue weighted by atomic mass is 9.83. The summed E-state index contributed by atoms with van der Waals surface area (Å²) in [5, 5.41) is 9.60. The van der Waals surface area contributed by atoms with Gasteiger partial charge in [0.05, 0.1) is 6.10 Å².